The SMILES string of the molecule is CCNC(c1ccc(C(C)C)cc1)c1ccc(Br)s1. The summed E-state index contributed by atoms with van der Waals surface area (Å²) in [5.74, 6) is 0.586. The van der Waals surface area contributed by atoms with E-state index in [0.717, 1.165) is 6.54 Å². The van der Waals surface area contributed by atoms with Crippen molar-refractivity contribution >= 4 is 27.3 Å². The van der Waals surface area contributed by atoms with Crippen molar-refractivity contribution in [3.63, 3.8) is 0 Å². The van der Waals surface area contributed by atoms with Gasteiger partial charge in [0.15, 0.2) is 0 Å². The molecule has 1 heterocycles. The number of hydrogen-bond donors (Lipinski definition) is 1. The van der Waals surface area contributed by atoms with E-state index >= 15 is 0 Å². The summed E-state index contributed by atoms with van der Waals surface area (Å²) in [7, 11) is 0. The second kappa shape index (κ2) is 6.69. The Hall–Kier alpha value is -0.640. The van der Waals surface area contributed by atoms with Crippen molar-refractivity contribution in [3.8, 4) is 0 Å². The van der Waals surface area contributed by atoms with Gasteiger partial charge in [0.25, 0.3) is 0 Å². The summed E-state index contributed by atoms with van der Waals surface area (Å²) in [5, 5.41) is 3.57. The molecule has 1 aromatic carbocycles. The van der Waals surface area contributed by atoms with Crippen LogP contribution in [-0.2, 0) is 0 Å². The molecule has 0 aliphatic heterocycles. The highest BCUT2D eigenvalue weighted by molar-refractivity contribution is 9.11. The lowest BCUT2D eigenvalue weighted by atomic mass is 9.98. The van der Waals surface area contributed by atoms with Crippen molar-refractivity contribution in [2.24, 2.45) is 0 Å². The Labute approximate surface area is 128 Å². The summed E-state index contributed by atoms with van der Waals surface area (Å²) in [6.07, 6.45) is 0. The second-order valence-electron chi connectivity index (χ2n) is 4.95. The molecule has 0 aliphatic rings. The largest absolute Gasteiger partial charge is 0.306 e. The van der Waals surface area contributed by atoms with Gasteiger partial charge in [0.2, 0.25) is 0 Å². The number of nitrogens with one attached hydrogen (secondary N) is 1. The number of hydrogen-bond acceptors (Lipinski definition) is 2. The molecule has 2 aromatic rings. The summed E-state index contributed by atoms with van der Waals surface area (Å²) >= 11 is 5.34. The van der Waals surface area contributed by atoms with E-state index in [2.05, 4.69) is 78.4 Å². The lowest BCUT2D eigenvalue weighted by molar-refractivity contribution is 0.639. The van der Waals surface area contributed by atoms with Crippen LogP contribution in [-0.4, -0.2) is 6.54 Å². The van der Waals surface area contributed by atoms with Crippen LogP contribution >= 0.6 is 27.3 Å². The first-order chi connectivity index (χ1) is 9.11. The Morgan fingerprint density at radius 3 is 2.16 bits per heavy atom. The zero-order valence-corrected chi connectivity index (χ0v) is 14.0. The summed E-state index contributed by atoms with van der Waals surface area (Å²) in [4.78, 5) is 1.35. The molecular weight excluding hydrogens is 318 g/mol. The van der Waals surface area contributed by atoms with Crippen molar-refractivity contribution < 1.29 is 0 Å². The number of benzene rings is 1. The van der Waals surface area contributed by atoms with Gasteiger partial charge in [-0.3, -0.25) is 0 Å². The van der Waals surface area contributed by atoms with Gasteiger partial charge in [-0.1, -0.05) is 45.0 Å². The van der Waals surface area contributed by atoms with E-state index in [1.165, 1.54) is 19.8 Å². The van der Waals surface area contributed by atoms with Crippen LogP contribution in [0.5, 0.6) is 0 Å². The molecule has 0 spiro atoms. The van der Waals surface area contributed by atoms with Crippen molar-refractivity contribution in [2.45, 2.75) is 32.7 Å². The third-order valence-corrected chi connectivity index (χ3v) is 4.91. The summed E-state index contributed by atoms with van der Waals surface area (Å²) in [6.45, 7) is 7.57. The van der Waals surface area contributed by atoms with Crippen LogP contribution in [0.3, 0.4) is 0 Å². The average molecular weight is 338 g/mol. The third-order valence-electron chi connectivity index (χ3n) is 3.22. The molecule has 19 heavy (non-hydrogen) atoms. The van der Waals surface area contributed by atoms with E-state index < -0.39 is 0 Å². The highest BCUT2D eigenvalue weighted by atomic mass is 79.9. The topological polar surface area (TPSA) is 12.0 Å². The maximum Gasteiger partial charge on any atom is 0.0702 e. The molecule has 1 unspecified atom stereocenters. The highest BCUT2D eigenvalue weighted by Crippen LogP contribution is 2.31. The van der Waals surface area contributed by atoms with E-state index in [4.69, 9.17) is 0 Å². The first-order valence-electron chi connectivity index (χ1n) is 6.70. The van der Waals surface area contributed by atoms with Crippen LogP contribution in [0.4, 0.5) is 0 Å². The van der Waals surface area contributed by atoms with Gasteiger partial charge in [0.1, 0.15) is 0 Å². The van der Waals surface area contributed by atoms with Gasteiger partial charge < -0.3 is 5.32 Å². The van der Waals surface area contributed by atoms with Gasteiger partial charge >= 0.3 is 0 Å². The molecule has 0 radical (unpaired) electrons. The Morgan fingerprint density at radius 2 is 1.68 bits per heavy atom. The predicted octanol–water partition coefficient (Wildman–Crippen LogP) is 5.33. The molecule has 1 atom stereocenters. The van der Waals surface area contributed by atoms with E-state index in [1.54, 1.807) is 11.3 Å². The van der Waals surface area contributed by atoms with Crippen molar-refractivity contribution in [2.75, 3.05) is 6.54 Å². The van der Waals surface area contributed by atoms with E-state index in [0.29, 0.717) is 12.0 Å². The first kappa shape index (κ1) is 14.8. The molecule has 2 rings (SSSR count). The monoisotopic (exact) mass is 337 g/mol. The number of rotatable bonds is 5. The minimum Gasteiger partial charge on any atom is -0.306 e. The molecule has 1 aromatic heterocycles. The maximum absolute atomic E-state index is 3.57. The van der Waals surface area contributed by atoms with Gasteiger partial charge in [-0.05, 0) is 51.7 Å². The fraction of sp³-hybridized carbons (Fsp3) is 0.375. The van der Waals surface area contributed by atoms with Crippen molar-refractivity contribution in [1.82, 2.24) is 5.32 Å². The molecule has 0 amide bonds. The average Bonchev–Trinajstić information content (AvgIpc) is 2.82. The quantitative estimate of drug-likeness (QED) is 0.777. The molecule has 0 fully saturated rings. The lowest BCUT2D eigenvalue weighted by Gasteiger charge is -2.18. The van der Waals surface area contributed by atoms with Gasteiger partial charge in [-0.25, -0.2) is 0 Å². The van der Waals surface area contributed by atoms with Crippen LogP contribution in [0, 0.1) is 0 Å². The minimum atomic E-state index is 0.294. The Bertz CT molecular complexity index is 516. The maximum atomic E-state index is 3.57. The van der Waals surface area contributed by atoms with Gasteiger partial charge in [0.05, 0.1) is 9.83 Å². The van der Waals surface area contributed by atoms with E-state index in [1.807, 2.05) is 0 Å². The Morgan fingerprint density at radius 1 is 1.05 bits per heavy atom. The van der Waals surface area contributed by atoms with Crippen LogP contribution in [0.15, 0.2) is 40.2 Å². The molecule has 1 nitrogen and oxygen atoms in total. The zero-order chi connectivity index (χ0) is 13.8. The van der Waals surface area contributed by atoms with E-state index in [-0.39, 0.29) is 0 Å². The lowest BCUT2D eigenvalue weighted by Crippen LogP contribution is -2.21. The molecule has 0 saturated heterocycles. The van der Waals surface area contributed by atoms with Crippen molar-refractivity contribution in [1.29, 1.82) is 0 Å². The van der Waals surface area contributed by atoms with E-state index in [9.17, 15) is 0 Å². The number of thiophene rings is 1. The van der Waals surface area contributed by atoms with Crippen LogP contribution in [0.25, 0.3) is 0 Å². The molecule has 0 saturated carbocycles. The smallest absolute Gasteiger partial charge is 0.0702 e. The van der Waals surface area contributed by atoms with Crippen LogP contribution in [0.2, 0.25) is 0 Å². The van der Waals surface area contributed by atoms with Gasteiger partial charge in [-0.2, -0.15) is 0 Å². The van der Waals surface area contributed by atoms with Crippen LogP contribution < -0.4 is 5.32 Å². The van der Waals surface area contributed by atoms with Crippen molar-refractivity contribution in [3.05, 3.63) is 56.2 Å². The normalized spacial score (nSPS) is 12.9. The molecule has 1 N–H and O–H groups in total. The summed E-state index contributed by atoms with van der Waals surface area (Å²) in [6, 6.07) is 13.6. The Kier molecular flexibility index (Phi) is 5.20. The molecule has 0 bridgehead atoms. The molecular formula is C16H20BrNS. The summed E-state index contributed by atoms with van der Waals surface area (Å²) in [5.41, 5.74) is 2.73. The van der Waals surface area contributed by atoms with Gasteiger partial charge in [-0.15, -0.1) is 11.3 Å². The zero-order valence-electron chi connectivity index (χ0n) is 11.6. The first-order valence-corrected chi connectivity index (χ1v) is 8.31. The predicted molar refractivity (Wildman–Crippen MR) is 88.1 cm³/mol. The minimum absolute atomic E-state index is 0.294. The third kappa shape index (κ3) is 3.68. The molecule has 3 heteroatoms. The molecule has 0 aliphatic carbocycles. The van der Waals surface area contributed by atoms with Gasteiger partial charge in [0, 0.05) is 4.88 Å². The fourth-order valence-corrected chi connectivity index (χ4v) is 3.67. The number of halogens is 1. The standard InChI is InChI=1S/C16H20BrNS/c1-4-18-16(14-9-10-15(17)19-14)13-7-5-12(6-8-13)11(2)3/h5-11,16,18H,4H2,1-3H3. The van der Waals surface area contributed by atoms with Crippen LogP contribution in [0.1, 0.15) is 48.7 Å². The highest BCUT2D eigenvalue weighted by Gasteiger charge is 2.15. The summed E-state index contributed by atoms with van der Waals surface area (Å²) < 4.78 is 1.18. The second-order valence-corrected chi connectivity index (χ2v) is 7.45. The molecule has 102 valence electrons. The fourth-order valence-electron chi connectivity index (χ4n) is 2.14. The Balaban J connectivity index is 2.28.